The maximum Gasteiger partial charge on any atom is 0.338 e. The van der Waals surface area contributed by atoms with Gasteiger partial charge in [-0.25, -0.2) is 4.79 Å². The SMILES string of the molecule is CCCOC(=O)c1ccc(N)c(OCC(=O)NCc2ccccc2)c1. The average molecular weight is 342 g/mol. The van der Waals surface area contributed by atoms with Crippen molar-refractivity contribution in [3.05, 3.63) is 59.7 Å². The number of amides is 1. The zero-order valence-corrected chi connectivity index (χ0v) is 14.2. The van der Waals surface area contributed by atoms with Crippen LogP contribution in [0.4, 0.5) is 5.69 Å². The van der Waals surface area contributed by atoms with Gasteiger partial charge in [0.15, 0.2) is 6.61 Å². The van der Waals surface area contributed by atoms with Gasteiger partial charge >= 0.3 is 5.97 Å². The lowest BCUT2D eigenvalue weighted by atomic mass is 10.2. The molecule has 0 aliphatic rings. The van der Waals surface area contributed by atoms with Gasteiger partial charge in [0.25, 0.3) is 5.91 Å². The highest BCUT2D eigenvalue weighted by Crippen LogP contribution is 2.23. The molecule has 3 N–H and O–H groups in total. The average Bonchev–Trinajstić information content (AvgIpc) is 2.64. The molecule has 2 rings (SSSR count). The van der Waals surface area contributed by atoms with Gasteiger partial charge in [-0.3, -0.25) is 4.79 Å². The molecular formula is C19H22N2O4. The maximum atomic E-state index is 11.9. The van der Waals surface area contributed by atoms with Gasteiger partial charge in [-0.15, -0.1) is 0 Å². The van der Waals surface area contributed by atoms with E-state index in [2.05, 4.69) is 5.32 Å². The topological polar surface area (TPSA) is 90.7 Å². The first kappa shape index (κ1) is 18.3. The minimum Gasteiger partial charge on any atom is -0.482 e. The first-order valence-electron chi connectivity index (χ1n) is 8.10. The van der Waals surface area contributed by atoms with Gasteiger partial charge in [0.1, 0.15) is 5.75 Å². The van der Waals surface area contributed by atoms with E-state index in [0.29, 0.717) is 24.4 Å². The van der Waals surface area contributed by atoms with Crippen molar-refractivity contribution in [2.45, 2.75) is 19.9 Å². The molecule has 0 aromatic heterocycles. The maximum absolute atomic E-state index is 11.9. The van der Waals surface area contributed by atoms with Gasteiger partial charge in [-0.1, -0.05) is 37.3 Å². The van der Waals surface area contributed by atoms with Gasteiger partial charge in [-0.05, 0) is 30.2 Å². The number of ether oxygens (including phenoxy) is 2. The summed E-state index contributed by atoms with van der Waals surface area (Å²) in [6.07, 6.45) is 0.742. The fourth-order valence-corrected chi connectivity index (χ4v) is 2.06. The molecule has 0 atom stereocenters. The number of carbonyl (C=O) groups is 2. The van der Waals surface area contributed by atoms with Gasteiger partial charge in [0.2, 0.25) is 0 Å². The molecule has 0 heterocycles. The zero-order valence-electron chi connectivity index (χ0n) is 14.2. The summed E-state index contributed by atoms with van der Waals surface area (Å²) < 4.78 is 10.5. The molecule has 0 aliphatic carbocycles. The van der Waals surface area contributed by atoms with Crippen molar-refractivity contribution < 1.29 is 19.1 Å². The Morgan fingerprint density at radius 2 is 1.88 bits per heavy atom. The fourth-order valence-electron chi connectivity index (χ4n) is 2.06. The summed E-state index contributed by atoms with van der Waals surface area (Å²) in [5.41, 5.74) is 7.51. The predicted octanol–water partition coefficient (Wildman–Crippen LogP) is 2.53. The zero-order chi connectivity index (χ0) is 18.1. The van der Waals surface area contributed by atoms with Gasteiger partial charge in [0, 0.05) is 6.54 Å². The third kappa shape index (κ3) is 5.84. The third-order valence-corrected chi connectivity index (χ3v) is 3.38. The van der Waals surface area contributed by atoms with E-state index >= 15 is 0 Å². The Morgan fingerprint density at radius 1 is 1.12 bits per heavy atom. The highest BCUT2D eigenvalue weighted by molar-refractivity contribution is 5.90. The summed E-state index contributed by atoms with van der Waals surface area (Å²) in [6, 6.07) is 14.2. The van der Waals surface area contributed by atoms with Crippen LogP contribution in [0.25, 0.3) is 0 Å². The molecule has 132 valence electrons. The highest BCUT2D eigenvalue weighted by atomic mass is 16.5. The summed E-state index contributed by atoms with van der Waals surface area (Å²) >= 11 is 0. The first-order chi connectivity index (χ1) is 12.1. The van der Waals surface area contributed by atoms with E-state index in [1.165, 1.54) is 6.07 Å². The quantitative estimate of drug-likeness (QED) is 0.568. The van der Waals surface area contributed by atoms with Crippen LogP contribution in [0.1, 0.15) is 29.3 Å². The molecule has 6 heteroatoms. The van der Waals surface area contributed by atoms with Crippen LogP contribution in [0.15, 0.2) is 48.5 Å². The van der Waals surface area contributed by atoms with E-state index in [1.54, 1.807) is 12.1 Å². The third-order valence-electron chi connectivity index (χ3n) is 3.38. The Kier molecular flexibility index (Phi) is 6.83. The molecule has 2 aromatic carbocycles. The van der Waals surface area contributed by atoms with Crippen molar-refractivity contribution in [3.63, 3.8) is 0 Å². The lowest BCUT2D eigenvalue weighted by Crippen LogP contribution is -2.28. The summed E-state index contributed by atoms with van der Waals surface area (Å²) in [4.78, 5) is 23.8. The number of nitrogens with one attached hydrogen (secondary N) is 1. The largest absolute Gasteiger partial charge is 0.482 e. The van der Waals surface area contributed by atoms with Crippen molar-refractivity contribution in [3.8, 4) is 5.75 Å². The van der Waals surface area contributed by atoms with Crippen LogP contribution >= 0.6 is 0 Å². The number of rotatable bonds is 8. The van der Waals surface area contributed by atoms with E-state index in [4.69, 9.17) is 15.2 Å². The molecule has 0 saturated carbocycles. The second-order valence-corrected chi connectivity index (χ2v) is 5.44. The minimum atomic E-state index is -0.444. The number of nitrogen functional groups attached to an aromatic ring is 1. The molecule has 0 aliphatic heterocycles. The molecule has 0 saturated heterocycles. The van der Waals surface area contributed by atoms with E-state index < -0.39 is 5.97 Å². The van der Waals surface area contributed by atoms with E-state index in [0.717, 1.165) is 12.0 Å². The van der Waals surface area contributed by atoms with Crippen LogP contribution in [0, 0.1) is 0 Å². The Labute approximate surface area is 146 Å². The molecule has 0 radical (unpaired) electrons. The summed E-state index contributed by atoms with van der Waals surface area (Å²) in [5, 5.41) is 2.76. The number of benzene rings is 2. The van der Waals surface area contributed by atoms with Crippen molar-refractivity contribution >= 4 is 17.6 Å². The number of anilines is 1. The van der Waals surface area contributed by atoms with E-state index in [1.807, 2.05) is 37.3 Å². The molecule has 0 bridgehead atoms. The Morgan fingerprint density at radius 3 is 2.60 bits per heavy atom. The lowest BCUT2D eigenvalue weighted by Gasteiger charge is -2.11. The molecule has 0 unspecified atom stereocenters. The first-order valence-corrected chi connectivity index (χ1v) is 8.10. The van der Waals surface area contributed by atoms with Crippen LogP contribution in [0.3, 0.4) is 0 Å². The number of nitrogens with two attached hydrogens (primary N) is 1. The van der Waals surface area contributed by atoms with E-state index in [-0.39, 0.29) is 18.3 Å². The second-order valence-electron chi connectivity index (χ2n) is 5.44. The summed E-state index contributed by atoms with van der Waals surface area (Å²) in [7, 11) is 0. The van der Waals surface area contributed by atoms with Gasteiger partial charge in [-0.2, -0.15) is 0 Å². The van der Waals surface area contributed by atoms with Crippen molar-refractivity contribution in [1.82, 2.24) is 5.32 Å². The molecular weight excluding hydrogens is 320 g/mol. The Balaban J connectivity index is 1.88. The highest BCUT2D eigenvalue weighted by Gasteiger charge is 2.11. The number of esters is 1. The molecule has 1 amide bonds. The van der Waals surface area contributed by atoms with Crippen LogP contribution in [-0.4, -0.2) is 25.1 Å². The monoisotopic (exact) mass is 342 g/mol. The Bertz CT molecular complexity index is 717. The normalized spacial score (nSPS) is 10.1. The molecule has 0 fully saturated rings. The molecule has 2 aromatic rings. The summed E-state index contributed by atoms with van der Waals surface area (Å²) in [6.45, 7) is 2.49. The number of carbonyl (C=O) groups excluding carboxylic acids is 2. The van der Waals surface area contributed by atoms with Crippen LogP contribution in [0.5, 0.6) is 5.75 Å². The standard InChI is InChI=1S/C19H22N2O4/c1-2-10-24-19(23)15-8-9-16(20)17(11-15)25-13-18(22)21-12-14-6-4-3-5-7-14/h3-9,11H,2,10,12-13,20H2,1H3,(H,21,22). The van der Waals surface area contributed by atoms with Crippen LogP contribution in [-0.2, 0) is 16.1 Å². The Hall–Kier alpha value is -3.02. The minimum absolute atomic E-state index is 0.190. The van der Waals surface area contributed by atoms with E-state index in [9.17, 15) is 9.59 Å². The summed E-state index contributed by atoms with van der Waals surface area (Å²) in [5.74, 6) is -0.441. The van der Waals surface area contributed by atoms with Crippen molar-refractivity contribution in [2.75, 3.05) is 18.9 Å². The van der Waals surface area contributed by atoms with Crippen LogP contribution in [0.2, 0.25) is 0 Å². The fraction of sp³-hybridized carbons (Fsp3) is 0.263. The van der Waals surface area contributed by atoms with Crippen molar-refractivity contribution in [2.24, 2.45) is 0 Å². The number of hydrogen-bond acceptors (Lipinski definition) is 5. The predicted molar refractivity (Wildman–Crippen MR) is 95.2 cm³/mol. The van der Waals surface area contributed by atoms with Gasteiger partial charge in [0.05, 0.1) is 17.9 Å². The molecule has 0 spiro atoms. The molecule has 6 nitrogen and oxygen atoms in total. The smallest absolute Gasteiger partial charge is 0.338 e. The van der Waals surface area contributed by atoms with Crippen molar-refractivity contribution in [1.29, 1.82) is 0 Å². The van der Waals surface area contributed by atoms with Crippen LogP contribution < -0.4 is 15.8 Å². The van der Waals surface area contributed by atoms with Gasteiger partial charge < -0.3 is 20.5 Å². The number of hydrogen-bond donors (Lipinski definition) is 2. The molecule has 25 heavy (non-hydrogen) atoms. The second kappa shape index (κ2) is 9.32. The lowest BCUT2D eigenvalue weighted by molar-refractivity contribution is -0.123.